The zero-order chi connectivity index (χ0) is 12.1. The molecule has 0 aliphatic rings. The smallest absolute Gasteiger partial charge is 0.223 e. The van der Waals surface area contributed by atoms with Gasteiger partial charge in [-0.05, 0) is 6.07 Å². The van der Waals surface area contributed by atoms with E-state index in [2.05, 4.69) is 15.3 Å². The molecule has 0 spiro atoms. The van der Waals surface area contributed by atoms with Crippen molar-refractivity contribution in [2.45, 2.75) is 6.54 Å². The zero-order valence-corrected chi connectivity index (χ0v) is 9.35. The molecule has 0 unspecified atom stereocenters. The van der Waals surface area contributed by atoms with Crippen LogP contribution in [-0.2, 0) is 6.54 Å². The van der Waals surface area contributed by atoms with Gasteiger partial charge in [0.15, 0.2) is 5.75 Å². The van der Waals surface area contributed by atoms with Crippen molar-refractivity contribution in [1.82, 2.24) is 9.97 Å². The molecule has 0 saturated heterocycles. The number of nitrogens with zero attached hydrogens (tertiary/aromatic N) is 2. The minimum Gasteiger partial charge on any atom is -0.494 e. The second kappa shape index (κ2) is 5.25. The van der Waals surface area contributed by atoms with E-state index in [9.17, 15) is 4.39 Å². The Morgan fingerprint density at radius 2 is 1.94 bits per heavy atom. The largest absolute Gasteiger partial charge is 0.494 e. The fraction of sp³-hybridized carbons (Fsp3) is 0.167. The van der Waals surface area contributed by atoms with Gasteiger partial charge in [0, 0.05) is 12.1 Å². The molecule has 5 heteroatoms. The van der Waals surface area contributed by atoms with E-state index in [0.29, 0.717) is 23.8 Å². The van der Waals surface area contributed by atoms with Crippen LogP contribution in [0.25, 0.3) is 0 Å². The summed E-state index contributed by atoms with van der Waals surface area (Å²) in [6, 6.07) is 6.58. The molecular formula is C12H12FN3O. The van der Waals surface area contributed by atoms with E-state index in [0.717, 1.165) is 0 Å². The molecule has 88 valence electrons. The maximum Gasteiger partial charge on any atom is 0.223 e. The molecule has 4 nitrogen and oxygen atoms in total. The average Bonchev–Trinajstić information content (AvgIpc) is 2.38. The summed E-state index contributed by atoms with van der Waals surface area (Å²) in [5.41, 5.74) is 0.576. The molecule has 2 aromatic rings. The maximum atomic E-state index is 13.3. The summed E-state index contributed by atoms with van der Waals surface area (Å²) in [4.78, 5) is 8.05. The van der Waals surface area contributed by atoms with Crippen molar-refractivity contribution in [1.29, 1.82) is 0 Å². The zero-order valence-electron chi connectivity index (χ0n) is 9.35. The van der Waals surface area contributed by atoms with E-state index in [1.807, 2.05) is 0 Å². The summed E-state index contributed by atoms with van der Waals surface area (Å²) in [5.74, 6) is 0.781. The Labute approximate surface area is 98.5 Å². The van der Waals surface area contributed by atoms with Gasteiger partial charge in [0.2, 0.25) is 5.95 Å². The number of rotatable bonds is 4. The maximum absolute atomic E-state index is 13.3. The molecule has 0 bridgehead atoms. The number of aromatic nitrogens is 2. The van der Waals surface area contributed by atoms with Crippen LogP contribution in [0.5, 0.6) is 5.75 Å². The quantitative estimate of drug-likeness (QED) is 0.879. The Morgan fingerprint density at radius 3 is 2.59 bits per heavy atom. The Kier molecular flexibility index (Phi) is 3.49. The van der Waals surface area contributed by atoms with Crippen LogP contribution in [0, 0.1) is 5.82 Å². The summed E-state index contributed by atoms with van der Waals surface area (Å²) in [5, 5.41) is 2.94. The van der Waals surface area contributed by atoms with Crippen molar-refractivity contribution in [3.05, 3.63) is 48.0 Å². The predicted octanol–water partition coefficient (Wildman–Crippen LogP) is 2.24. The van der Waals surface area contributed by atoms with E-state index in [4.69, 9.17) is 4.74 Å². The number of nitrogens with one attached hydrogen (secondary N) is 1. The Bertz CT molecular complexity index is 487. The molecule has 1 aromatic heterocycles. The first-order chi connectivity index (χ1) is 8.29. The van der Waals surface area contributed by atoms with E-state index in [-0.39, 0.29) is 5.82 Å². The molecule has 0 amide bonds. The molecular weight excluding hydrogens is 221 g/mol. The number of methoxy groups -OCH3 is 1. The Hall–Kier alpha value is -2.17. The van der Waals surface area contributed by atoms with Crippen molar-refractivity contribution >= 4 is 5.95 Å². The third-order valence-corrected chi connectivity index (χ3v) is 2.26. The number of benzene rings is 1. The summed E-state index contributed by atoms with van der Waals surface area (Å²) in [7, 11) is 1.55. The highest BCUT2D eigenvalue weighted by atomic mass is 19.1. The minimum absolute atomic E-state index is 0.242. The minimum atomic E-state index is -0.242. The van der Waals surface area contributed by atoms with Gasteiger partial charge in [-0.15, -0.1) is 0 Å². The van der Waals surface area contributed by atoms with Crippen LogP contribution < -0.4 is 10.1 Å². The number of anilines is 1. The van der Waals surface area contributed by atoms with Gasteiger partial charge in [-0.25, -0.2) is 14.4 Å². The van der Waals surface area contributed by atoms with Crippen LogP contribution in [0.1, 0.15) is 5.56 Å². The standard InChI is InChI=1S/C12H12FN3O/c1-17-10-7-15-12(16-8-10)14-6-9-4-2-3-5-11(9)13/h2-5,7-8H,6H2,1H3,(H,14,15,16). The number of ether oxygens (including phenoxy) is 1. The van der Waals surface area contributed by atoms with Gasteiger partial charge < -0.3 is 10.1 Å². The number of hydrogen-bond donors (Lipinski definition) is 1. The normalized spacial score (nSPS) is 10.0. The van der Waals surface area contributed by atoms with Crippen LogP contribution in [0.3, 0.4) is 0 Å². The fourth-order valence-electron chi connectivity index (χ4n) is 1.33. The summed E-state index contributed by atoms with van der Waals surface area (Å²) in [6.45, 7) is 0.346. The Balaban J connectivity index is 2.00. The molecule has 0 radical (unpaired) electrons. The van der Waals surface area contributed by atoms with Gasteiger partial charge >= 0.3 is 0 Å². The lowest BCUT2D eigenvalue weighted by Crippen LogP contribution is -2.04. The summed E-state index contributed by atoms with van der Waals surface area (Å²) in [6.07, 6.45) is 3.10. The van der Waals surface area contributed by atoms with Crippen molar-refractivity contribution in [3.8, 4) is 5.75 Å². The van der Waals surface area contributed by atoms with Crippen molar-refractivity contribution < 1.29 is 9.13 Å². The Morgan fingerprint density at radius 1 is 1.24 bits per heavy atom. The third-order valence-electron chi connectivity index (χ3n) is 2.26. The van der Waals surface area contributed by atoms with Gasteiger partial charge in [0.1, 0.15) is 5.82 Å². The molecule has 1 aromatic carbocycles. The fourth-order valence-corrected chi connectivity index (χ4v) is 1.33. The summed E-state index contributed by atoms with van der Waals surface area (Å²) < 4.78 is 18.2. The topological polar surface area (TPSA) is 47.0 Å². The molecule has 0 aliphatic carbocycles. The van der Waals surface area contributed by atoms with Gasteiger partial charge in [0.05, 0.1) is 19.5 Å². The molecule has 0 atom stereocenters. The van der Waals surface area contributed by atoms with Crippen LogP contribution in [-0.4, -0.2) is 17.1 Å². The number of hydrogen-bond acceptors (Lipinski definition) is 4. The average molecular weight is 233 g/mol. The second-order valence-corrected chi connectivity index (χ2v) is 3.39. The van der Waals surface area contributed by atoms with Crippen LogP contribution in [0.15, 0.2) is 36.7 Å². The van der Waals surface area contributed by atoms with Crippen LogP contribution >= 0.6 is 0 Å². The molecule has 0 saturated carbocycles. The molecule has 0 aliphatic heterocycles. The van der Waals surface area contributed by atoms with Crippen LogP contribution in [0.2, 0.25) is 0 Å². The first-order valence-electron chi connectivity index (χ1n) is 5.13. The van der Waals surface area contributed by atoms with Crippen molar-refractivity contribution in [3.63, 3.8) is 0 Å². The molecule has 2 rings (SSSR count). The van der Waals surface area contributed by atoms with Crippen molar-refractivity contribution in [2.24, 2.45) is 0 Å². The highest BCUT2D eigenvalue weighted by Crippen LogP contribution is 2.10. The van der Waals surface area contributed by atoms with Gasteiger partial charge in [-0.2, -0.15) is 0 Å². The second-order valence-electron chi connectivity index (χ2n) is 3.39. The van der Waals surface area contributed by atoms with Crippen LogP contribution in [0.4, 0.5) is 10.3 Å². The molecule has 17 heavy (non-hydrogen) atoms. The SMILES string of the molecule is COc1cnc(NCc2ccccc2F)nc1. The first-order valence-corrected chi connectivity index (χ1v) is 5.13. The van der Waals surface area contributed by atoms with E-state index in [1.54, 1.807) is 37.7 Å². The highest BCUT2D eigenvalue weighted by Gasteiger charge is 2.01. The molecule has 1 N–H and O–H groups in total. The lowest BCUT2D eigenvalue weighted by atomic mass is 10.2. The summed E-state index contributed by atoms with van der Waals surface area (Å²) >= 11 is 0. The third kappa shape index (κ3) is 2.90. The first kappa shape index (κ1) is 11.3. The van der Waals surface area contributed by atoms with Gasteiger partial charge in [-0.1, -0.05) is 18.2 Å². The van der Waals surface area contributed by atoms with Gasteiger partial charge in [0.25, 0.3) is 0 Å². The van der Waals surface area contributed by atoms with E-state index < -0.39 is 0 Å². The molecule has 0 fully saturated rings. The predicted molar refractivity (Wildman–Crippen MR) is 62.3 cm³/mol. The molecule has 1 heterocycles. The monoisotopic (exact) mass is 233 g/mol. The van der Waals surface area contributed by atoms with Crippen molar-refractivity contribution in [2.75, 3.05) is 12.4 Å². The van der Waals surface area contributed by atoms with E-state index >= 15 is 0 Å². The van der Waals surface area contributed by atoms with Gasteiger partial charge in [-0.3, -0.25) is 0 Å². The highest BCUT2D eigenvalue weighted by molar-refractivity contribution is 5.29. The van der Waals surface area contributed by atoms with E-state index in [1.165, 1.54) is 6.07 Å². The number of halogens is 1. The lowest BCUT2D eigenvalue weighted by molar-refractivity contribution is 0.411. The lowest BCUT2D eigenvalue weighted by Gasteiger charge is -2.06.